The van der Waals surface area contributed by atoms with Crippen molar-refractivity contribution in [1.29, 1.82) is 0 Å². The van der Waals surface area contributed by atoms with Crippen LogP contribution in [0.2, 0.25) is 0 Å². The average molecular weight is 668 g/mol. The highest BCUT2D eigenvalue weighted by atomic mass is 32.1. The van der Waals surface area contributed by atoms with Gasteiger partial charge in [-0.25, -0.2) is 9.97 Å². The summed E-state index contributed by atoms with van der Waals surface area (Å²) in [7, 11) is 0. The second-order valence-electron chi connectivity index (χ2n) is 11.7. The van der Waals surface area contributed by atoms with Crippen molar-refractivity contribution >= 4 is 53.3 Å². The molecule has 0 amide bonds. The van der Waals surface area contributed by atoms with E-state index in [0.717, 1.165) is 35.9 Å². The molecule has 0 saturated carbocycles. The number of fused-ring (bicyclic) bond motifs is 6. The summed E-state index contributed by atoms with van der Waals surface area (Å²) in [6, 6.07) is 25.5. The maximum absolute atomic E-state index is 9.52. The molecule has 0 saturated heterocycles. The summed E-state index contributed by atoms with van der Waals surface area (Å²) in [5.74, 6) is 0.269. The van der Waals surface area contributed by atoms with Crippen LogP contribution in [0, 0.1) is 0 Å². The zero-order chi connectivity index (χ0) is 43.5. The molecular formula is C46H29N3S. The number of nitrogens with zero attached hydrogens (tertiary/aromatic N) is 3. The van der Waals surface area contributed by atoms with E-state index >= 15 is 0 Å². The van der Waals surface area contributed by atoms with Crippen molar-refractivity contribution in [2.45, 2.75) is 0 Å². The summed E-state index contributed by atoms with van der Waals surface area (Å²) in [5, 5.41) is 1.79. The van der Waals surface area contributed by atoms with Crippen molar-refractivity contribution in [3.63, 3.8) is 0 Å². The number of thiophene rings is 1. The molecule has 0 atom stereocenters. The molecule has 0 fully saturated rings. The summed E-state index contributed by atoms with van der Waals surface area (Å²) in [5.41, 5.74) is 2.71. The van der Waals surface area contributed by atoms with Crippen LogP contribution in [-0.2, 0) is 0 Å². The maximum atomic E-state index is 9.52. The van der Waals surface area contributed by atoms with Gasteiger partial charge in [-0.3, -0.25) is 0 Å². The van der Waals surface area contributed by atoms with E-state index in [9.17, 15) is 5.48 Å². The van der Waals surface area contributed by atoms with Gasteiger partial charge < -0.3 is 4.57 Å². The van der Waals surface area contributed by atoms with Gasteiger partial charge in [-0.05, 0) is 59.6 Å². The first kappa shape index (κ1) is 19.0. The minimum atomic E-state index is -0.704. The third-order valence-electron chi connectivity index (χ3n) is 8.82. The Hall–Kier alpha value is -6.36. The number of benzene rings is 7. The largest absolute Gasteiger partial charge is 0.309 e. The number of rotatable bonds is 5. The quantitative estimate of drug-likeness (QED) is 0.183. The van der Waals surface area contributed by atoms with Gasteiger partial charge in [0.15, 0.2) is 5.82 Å². The van der Waals surface area contributed by atoms with Gasteiger partial charge in [0, 0.05) is 53.3 Å². The highest BCUT2D eigenvalue weighted by Gasteiger charge is 2.20. The molecule has 0 spiro atoms. The van der Waals surface area contributed by atoms with Gasteiger partial charge >= 0.3 is 0 Å². The Bertz CT molecular complexity index is 3540. The Labute approximate surface area is 310 Å². The van der Waals surface area contributed by atoms with Crippen molar-refractivity contribution in [2.75, 3.05) is 0 Å². The fourth-order valence-electron chi connectivity index (χ4n) is 6.60. The normalized spacial score (nSPS) is 15.0. The number of hydrogen-bond donors (Lipinski definition) is 0. The lowest BCUT2D eigenvalue weighted by molar-refractivity contribution is 1.18. The predicted molar refractivity (Wildman–Crippen MR) is 211 cm³/mol. The van der Waals surface area contributed by atoms with E-state index in [1.54, 1.807) is 17.4 Å². The molecular weight excluding hydrogens is 627 g/mol. The maximum Gasteiger partial charge on any atom is 0.161 e. The van der Waals surface area contributed by atoms with Gasteiger partial charge in [0.1, 0.15) is 0 Å². The van der Waals surface area contributed by atoms with E-state index in [2.05, 4.69) is 0 Å². The molecule has 0 aliphatic heterocycles. The molecule has 0 radical (unpaired) electrons. The first-order valence-corrected chi connectivity index (χ1v) is 16.7. The summed E-state index contributed by atoms with van der Waals surface area (Å²) >= 11 is 1.57. The van der Waals surface area contributed by atoms with Gasteiger partial charge in [0.2, 0.25) is 0 Å². The predicted octanol–water partition coefficient (Wildman–Crippen LogP) is 12.6. The molecule has 0 aliphatic rings. The first-order chi connectivity index (χ1) is 29.8. The third-order valence-corrected chi connectivity index (χ3v) is 10.0. The summed E-state index contributed by atoms with van der Waals surface area (Å²) in [6.07, 6.45) is 0. The Morgan fingerprint density at radius 2 is 1.22 bits per heavy atom. The summed E-state index contributed by atoms with van der Waals surface area (Å²) < 4.78 is 110. The van der Waals surface area contributed by atoms with Crippen LogP contribution in [0.3, 0.4) is 0 Å². The molecule has 0 aliphatic carbocycles. The molecule has 3 heterocycles. The van der Waals surface area contributed by atoms with Crippen LogP contribution in [0.1, 0.15) is 16.4 Å². The second kappa shape index (κ2) is 11.7. The average Bonchev–Trinajstić information content (AvgIpc) is 3.85. The summed E-state index contributed by atoms with van der Waals surface area (Å²) in [6.45, 7) is 0. The molecule has 0 N–H and O–H groups in total. The molecule has 0 bridgehead atoms. The Morgan fingerprint density at radius 1 is 0.500 bits per heavy atom. The van der Waals surface area contributed by atoms with Crippen molar-refractivity contribution in [2.24, 2.45) is 0 Å². The third kappa shape index (κ3) is 4.65. The number of hydrogen-bond acceptors (Lipinski definition) is 3. The van der Waals surface area contributed by atoms with Crippen molar-refractivity contribution < 1.29 is 16.4 Å². The van der Waals surface area contributed by atoms with Gasteiger partial charge in [-0.15, -0.1) is 11.3 Å². The van der Waals surface area contributed by atoms with Crippen LogP contribution >= 0.6 is 11.3 Å². The molecule has 3 aromatic heterocycles. The Kier molecular flexibility index (Phi) is 4.43. The van der Waals surface area contributed by atoms with Crippen molar-refractivity contribution in [1.82, 2.24) is 14.5 Å². The van der Waals surface area contributed by atoms with Crippen LogP contribution in [-0.4, -0.2) is 14.5 Å². The van der Waals surface area contributed by atoms with Crippen molar-refractivity contribution in [3.8, 4) is 50.7 Å². The highest BCUT2D eigenvalue weighted by molar-refractivity contribution is 7.26. The lowest BCUT2D eigenvalue weighted by atomic mass is 9.99. The molecule has 10 rings (SSSR count). The van der Waals surface area contributed by atoms with E-state index in [-0.39, 0.29) is 38.9 Å². The van der Waals surface area contributed by atoms with E-state index < -0.39 is 78.2 Å². The van der Waals surface area contributed by atoms with Gasteiger partial charge in [0.05, 0.1) is 38.9 Å². The Morgan fingerprint density at radius 3 is 2.14 bits per heavy atom. The fourth-order valence-corrected chi connectivity index (χ4v) is 7.81. The molecule has 10 aromatic rings. The van der Waals surface area contributed by atoms with Crippen LogP contribution in [0.5, 0.6) is 0 Å². The SMILES string of the molecule is [2H]c1c([2H])c([2H])c(-n2c3c([2H])c([2H])c([2H])c([2H])c3c3c(-c4cc(-c5cccc(-c6ccccc6)c5)nc(-c5cccc6c5sc5ccccc56)n4)c([2H])c([2H])c([2H])c32)c([2H])c1[2H]. The van der Waals surface area contributed by atoms with Crippen LogP contribution in [0.25, 0.3) is 92.7 Å². The van der Waals surface area contributed by atoms with E-state index in [1.807, 2.05) is 97.1 Å². The minimum absolute atomic E-state index is 0.0604. The second-order valence-corrected chi connectivity index (χ2v) is 12.7. The smallest absolute Gasteiger partial charge is 0.161 e. The summed E-state index contributed by atoms with van der Waals surface area (Å²) in [4.78, 5) is 10.3. The highest BCUT2D eigenvalue weighted by Crippen LogP contribution is 2.42. The molecule has 234 valence electrons. The number of para-hydroxylation sites is 2. The van der Waals surface area contributed by atoms with Gasteiger partial charge in [-0.1, -0.05) is 127 Å². The monoisotopic (exact) mass is 667 g/mol. The van der Waals surface area contributed by atoms with Gasteiger partial charge in [0.25, 0.3) is 0 Å². The van der Waals surface area contributed by atoms with Crippen LogP contribution in [0.15, 0.2) is 176 Å². The topological polar surface area (TPSA) is 30.7 Å². The van der Waals surface area contributed by atoms with E-state index in [1.165, 1.54) is 0 Å². The minimum Gasteiger partial charge on any atom is -0.309 e. The lowest BCUT2D eigenvalue weighted by Gasteiger charge is -2.12. The molecule has 4 heteroatoms. The first-order valence-electron chi connectivity index (χ1n) is 21.9. The van der Waals surface area contributed by atoms with Crippen molar-refractivity contribution in [3.05, 3.63) is 176 Å². The fraction of sp³-hybridized carbons (Fsp3) is 0. The van der Waals surface area contributed by atoms with E-state index in [0.29, 0.717) is 16.8 Å². The molecule has 50 heavy (non-hydrogen) atoms. The van der Waals surface area contributed by atoms with Crippen LogP contribution < -0.4 is 0 Å². The lowest BCUT2D eigenvalue weighted by Crippen LogP contribution is -1.97. The molecule has 0 unspecified atom stereocenters. The van der Waals surface area contributed by atoms with Crippen LogP contribution in [0.4, 0.5) is 0 Å². The van der Waals surface area contributed by atoms with E-state index in [4.69, 9.17) is 20.9 Å². The zero-order valence-electron chi connectivity index (χ0n) is 38.1. The standard InChI is InChI=1S/C46H29N3S/c1-3-14-30(15-4-1)31-16-11-17-32(28-31)39-29-40(48-46(47-39)38-24-12-22-35-34-20-8-10-27-43(34)50-45(35)38)36-23-13-26-42-44(36)37-21-7-9-25-41(37)49(42)33-18-5-2-6-19-33/h1-29H/i2D,5D,6D,7D,9D,13D,18D,19D,21D,23D,25D,26D. The zero-order valence-corrected chi connectivity index (χ0v) is 26.9. The Balaban J connectivity index is 1.38. The molecule has 7 aromatic carbocycles. The molecule has 3 nitrogen and oxygen atoms in total. The van der Waals surface area contributed by atoms with Gasteiger partial charge in [-0.2, -0.15) is 0 Å². The number of aromatic nitrogens is 3.